The third-order valence-electron chi connectivity index (χ3n) is 4.04. The number of para-hydroxylation sites is 1. The Morgan fingerprint density at radius 3 is 3.08 bits per heavy atom. The lowest BCUT2D eigenvalue weighted by atomic mass is 10.0. The number of nitrogens with zero attached hydrogens (tertiary/aromatic N) is 3. The summed E-state index contributed by atoms with van der Waals surface area (Å²) in [5.74, 6) is 0.395. The summed E-state index contributed by atoms with van der Waals surface area (Å²) in [5.41, 5.74) is 2.81. The van der Waals surface area contributed by atoms with Gasteiger partial charge in [-0.25, -0.2) is 9.97 Å². The summed E-state index contributed by atoms with van der Waals surface area (Å²) in [6.45, 7) is 2.05. The predicted octanol–water partition coefficient (Wildman–Crippen LogP) is 2.33. The molecular weight excluding hydrogens is 304 g/mol. The summed E-state index contributed by atoms with van der Waals surface area (Å²) in [6, 6.07) is 9.92. The van der Waals surface area contributed by atoms with Gasteiger partial charge in [0.2, 0.25) is 5.95 Å². The average Bonchev–Trinajstić information content (AvgIpc) is 2.64. The van der Waals surface area contributed by atoms with Gasteiger partial charge in [0.05, 0.1) is 0 Å². The second-order valence-electron chi connectivity index (χ2n) is 5.73. The molecule has 1 amide bonds. The largest absolute Gasteiger partial charge is 0.385 e. The third kappa shape index (κ3) is 3.71. The van der Waals surface area contributed by atoms with Crippen LogP contribution in [0.25, 0.3) is 0 Å². The van der Waals surface area contributed by atoms with Crippen LogP contribution >= 0.6 is 0 Å². The zero-order valence-electron chi connectivity index (χ0n) is 13.9. The minimum absolute atomic E-state index is 0.181. The van der Waals surface area contributed by atoms with E-state index in [0.29, 0.717) is 24.8 Å². The van der Waals surface area contributed by atoms with Gasteiger partial charge in [-0.05, 0) is 37.0 Å². The van der Waals surface area contributed by atoms with E-state index < -0.39 is 0 Å². The quantitative estimate of drug-likeness (QED) is 0.825. The Balaban J connectivity index is 1.75. The molecule has 0 spiro atoms. The zero-order chi connectivity index (χ0) is 16.8. The first kappa shape index (κ1) is 16.4. The SMILES string of the molecule is COCCCNC(=O)c1ccnc(N2CCCc3ccccc32)n1. The second kappa shape index (κ2) is 7.88. The molecule has 0 aliphatic carbocycles. The van der Waals surface area contributed by atoms with Crippen molar-refractivity contribution in [2.24, 2.45) is 0 Å². The van der Waals surface area contributed by atoms with E-state index in [1.54, 1.807) is 19.4 Å². The lowest BCUT2D eigenvalue weighted by Crippen LogP contribution is -2.29. The number of methoxy groups -OCH3 is 1. The van der Waals surface area contributed by atoms with Crippen LogP contribution in [0.3, 0.4) is 0 Å². The molecule has 0 bridgehead atoms. The van der Waals surface area contributed by atoms with E-state index in [1.165, 1.54) is 5.56 Å². The van der Waals surface area contributed by atoms with Gasteiger partial charge in [-0.3, -0.25) is 4.79 Å². The fourth-order valence-electron chi connectivity index (χ4n) is 2.86. The molecule has 6 nitrogen and oxygen atoms in total. The van der Waals surface area contributed by atoms with Gasteiger partial charge >= 0.3 is 0 Å². The second-order valence-corrected chi connectivity index (χ2v) is 5.73. The number of anilines is 2. The topological polar surface area (TPSA) is 67.3 Å². The fraction of sp³-hybridized carbons (Fsp3) is 0.389. The maximum Gasteiger partial charge on any atom is 0.270 e. The third-order valence-corrected chi connectivity index (χ3v) is 4.04. The zero-order valence-corrected chi connectivity index (χ0v) is 13.9. The van der Waals surface area contributed by atoms with Crippen molar-refractivity contribution in [2.75, 3.05) is 31.7 Å². The molecule has 0 saturated carbocycles. The van der Waals surface area contributed by atoms with Gasteiger partial charge < -0.3 is 15.0 Å². The molecule has 1 aromatic carbocycles. The van der Waals surface area contributed by atoms with Crippen LogP contribution in [0.1, 0.15) is 28.9 Å². The number of ether oxygens (including phenoxy) is 1. The predicted molar refractivity (Wildman–Crippen MR) is 92.6 cm³/mol. The van der Waals surface area contributed by atoms with Gasteiger partial charge in [0.15, 0.2) is 0 Å². The number of hydrogen-bond acceptors (Lipinski definition) is 5. The summed E-state index contributed by atoms with van der Waals surface area (Å²) >= 11 is 0. The minimum Gasteiger partial charge on any atom is -0.385 e. The van der Waals surface area contributed by atoms with Crippen molar-refractivity contribution in [3.63, 3.8) is 0 Å². The highest BCUT2D eigenvalue weighted by Crippen LogP contribution is 2.31. The Hall–Kier alpha value is -2.47. The van der Waals surface area contributed by atoms with Crippen molar-refractivity contribution >= 4 is 17.5 Å². The van der Waals surface area contributed by atoms with Gasteiger partial charge in [-0.1, -0.05) is 18.2 Å². The van der Waals surface area contributed by atoms with E-state index in [1.807, 2.05) is 12.1 Å². The Labute approximate surface area is 141 Å². The number of aryl methyl sites for hydroxylation is 1. The maximum atomic E-state index is 12.2. The first-order valence-electron chi connectivity index (χ1n) is 8.25. The van der Waals surface area contributed by atoms with Gasteiger partial charge in [-0.15, -0.1) is 0 Å². The van der Waals surface area contributed by atoms with E-state index in [9.17, 15) is 4.79 Å². The smallest absolute Gasteiger partial charge is 0.270 e. The van der Waals surface area contributed by atoms with Crippen LogP contribution in [-0.4, -0.2) is 42.7 Å². The standard InChI is InChI=1S/C18H22N4O2/c1-24-13-5-10-19-17(23)15-9-11-20-18(21-15)22-12-4-7-14-6-2-3-8-16(14)22/h2-3,6,8-9,11H,4-5,7,10,12-13H2,1H3,(H,19,23). The van der Waals surface area contributed by atoms with E-state index in [0.717, 1.165) is 31.5 Å². The molecule has 1 aliphatic rings. The molecule has 6 heteroatoms. The van der Waals surface area contributed by atoms with Crippen LogP contribution in [0.5, 0.6) is 0 Å². The number of carbonyl (C=O) groups is 1. The molecular formula is C18H22N4O2. The van der Waals surface area contributed by atoms with Crippen LogP contribution in [0, 0.1) is 0 Å². The molecule has 0 saturated heterocycles. The lowest BCUT2D eigenvalue weighted by Gasteiger charge is -2.29. The highest BCUT2D eigenvalue weighted by molar-refractivity contribution is 5.92. The summed E-state index contributed by atoms with van der Waals surface area (Å²) in [6.07, 6.45) is 4.53. The number of amides is 1. The Kier molecular flexibility index (Phi) is 5.38. The number of aromatic nitrogens is 2. The molecule has 0 fully saturated rings. The average molecular weight is 326 g/mol. The number of fused-ring (bicyclic) bond motifs is 1. The van der Waals surface area contributed by atoms with Crippen molar-refractivity contribution < 1.29 is 9.53 Å². The number of hydrogen-bond donors (Lipinski definition) is 1. The molecule has 24 heavy (non-hydrogen) atoms. The van der Waals surface area contributed by atoms with Crippen LogP contribution < -0.4 is 10.2 Å². The van der Waals surface area contributed by atoms with E-state index in [-0.39, 0.29) is 5.91 Å². The summed E-state index contributed by atoms with van der Waals surface area (Å²) < 4.78 is 4.98. The molecule has 1 aliphatic heterocycles. The molecule has 3 rings (SSSR count). The highest BCUT2D eigenvalue weighted by Gasteiger charge is 2.20. The monoisotopic (exact) mass is 326 g/mol. The molecule has 0 radical (unpaired) electrons. The first-order chi connectivity index (χ1) is 11.8. The molecule has 2 aromatic rings. The van der Waals surface area contributed by atoms with Crippen LogP contribution in [0.4, 0.5) is 11.6 Å². The molecule has 2 heterocycles. The molecule has 0 unspecified atom stereocenters. The Morgan fingerprint density at radius 1 is 1.33 bits per heavy atom. The van der Waals surface area contributed by atoms with Crippen LogP contribution in [0.15, 0.2) is 36.5 Å². The summed E-state index contributed by atoms with van der Waals surface area (Å²) in [4.78, 5) is 23.1. The van der Waals surface area contributed by atoms with Crippen molar-refractivity contribution in [1.82, 2.24) is 15.3 Å². The van der Waals surface area contributed by atoms with Crippen molar-refractivity contribution in [2.45, 2.75) is 19.3 Å². The Morgan fingerprint density at radius 2 is 2.21 bits per heavy atom. The molecule has 0 atom stereocenters. The molecule has 126 valence electrons. The number of carbonyl (C=O) groups excluding carboxylic acids is 1. The van der Waals surface area contributed by atoms with Gasteiger partial charge in [-0.2, -0.15) is 0 Å². The van der Waals surface area contributed by atoms with Gasteiger partial charge in [0, 0.05) is 38.7 Å². The highest BCUT2D eigenvalue weighted by atomic mass is 16.5. The first-order valence-corrected chi connectivity index (χ1v) is 8.25. The normalized spacial score (nSPS) is 13.5. The lowest BCUT2D eigenvalue weighted by molar-refractivity contribution is 0.0943. The number of nitrogens with one attached hydrogen (secondary N) is 1. The maximum absolute atomic E-state index is 12.2. The number of benzene rings is 1. The molecule has 1 N–H and O–H groups in total. The fourth-order valence-corrected chi connectivity index (χ4v) is 2.86. The van der Waals surface area contributed by atoms with Gasteiger partial charge in [0.1, 0.15) is 5.69 Å². The molecule has 1 aromatic heterocycles. The van der Waals surface area contributed by atoms with Crippen molar-refractivity contribution in [3.05, 3.63) is 47.8 Å². The minimum atomic E-state index is -0.181. The van der Waals surface area contributed by atoms with E-state index >= 15 is 0 Å². The summed E-state index contributed by atoms with van der Waals surface area (Å²) in [5, 5.41) is 2.86. The van der Waals surface area contributed by atoms with Crippen molar-refractivity contribution in [1.29, 1.82) is 0 Å². The summed E-state index contributed by atoms with van der Waals surface area (Å²) in [7, 11) is 1.65. The van der Waals surface area contributed by atoms with Crippen LogP contribution in [-0.2, 0) is 11.2 Å². The van der Waals surface area contributed by atoms with Gasteiger partial charge in [0.25, 0.3) is 5.91 Å². The number of rotatable bonds is 6. The van der Waals surface area contributed by atoms with Crippen LogP contribution in [0.2, 0.25) is 0 Å². The van der Waals surface area contributed by atoms with E-state index in [2.05, 4.69) is 32.3 Å². The Bertz CT molecular complexity index is 705. The van der Waals surface area contributed by atoms with E-state index in [4.69, 9.17) is 4.74 Å². The van der Waals surface area contributed by atoms with Crippen molar-refractivity contribution in [3.8, 4) is 0 Å².